The minimum absolute atomic E-state index is 0.0616. The Balaban J connectivity index is 1.71. The smallest absolute Gasteiger partial charge is 0.139 e. The van der Waals surface area contributed by atoms with Crippen molar-refractivity contribution >= 4 is 64.8 Å². The summed E-state index contributed by atoms with van der Waals surface area (Å²) in [7, 11) is 0. The third-order valence-corrected chi connectivity index (χ3v) is 7.75. The molecule has 0 bridgehead atoms. The number of aryl methyl sites for hydroxylation is 1. The van der Waals surface area contributed by atoms with E-state index >= 15 is 0 Å². The highest BCUT2D eigenvalue weighted by Gasteiger charge is 2.21. The molecule has 0 radical (unpaired) electrons. The van der Waals surface area contributed by atoms with Crippen LogP contribution >= 0.6 is 22.7 Å². The molecule has 2 nitrogen and oxygen atoms in total. The molecular weight excluding hydrogens is 406 g/mol. The van der Waals surface area contributed by atoms with E-state index < -0.39 is 0 Å². The molecule has 148 valence electrons. The number of hydrogen-bond acceptors (Lipinski definition) is 4. The lowest BCUT2D eigenvalue weighted by atomic mass is 9.85. The number of pyridine rings is 1. The lowest BCUT2D eigenvalue weighted by molar-refractivity contribution is 0.597. The average molecular weight is 428 g/mol. The molecule has 0 aliphatic carbocycles. The molecule has 4 aromatic heterocycles. The Labute approximate surface area is 182 Å². The Hall–Kier alpha value is -2.69. The zero-order chi connectivity index (χ0) is 20.6. The van der Waals surface area contributed by atoms with Crippen LogP contribution in [0.2, 0.25) is 0 Å². The Morgan fingerprint density at radius 3 is 2.63 bits per heavy atom. The van der Waals surface area contributed by atoms with Gasteiger partial charge in [0.1, 0.15) is 11.2 Å². The average Bonchev–Trinajstić information content (AvgIpc) is 3.39. The highest BCUT2D eigenvalue weighted by atomic mass is 32.1. The molecular formula is C26H21NOS2. The summed E-state index contributed by atoms with van der Waals surface area (Å²) in [5, 5.41) is 6.96. The van der Waals surface area contributed by atoms with Gasteiger partial charge in [0.05, 0.1) is 11.1 Å². The van der Waals surface area contributed by atoms with Crippen LogP contribution in [0.5, 0.6) is 0 Å². The van der Waals surface area contributed by atoms with Crippen LogP contribution < -0.4 is 0 Å². The molecule has 0 amide bonds. The van der Waals surface area contributed by atoms with Gasteiger partial charge in [-0.2, -0.15) is 0 Å². The second-order valence-corrected chi connectivity index (χ2v) is 11.2. The zero-order valence-electron chi connectivity index (χ0n) is 17.4. The molecule has 30 heavy (non-hydrogen) atoms. The first-order valence-corrected chi connectivity index (χ1v) is 11.8. The molecule has 4 heteroatoms. The van der Waals surface area contributed by atoms with Crippen LogP contribution in [0.15, 0.2) is 58.5 Å². The predicted molar refractivity (Wildman–Crippen MR) is 131 cm³/mol. The number of furan rings is 1. The Bertz CT molecular complexity index is 1590. The molecule has 0 spiro atoms. The van der Waals surface area contributed by atoms with Crippen LogP contribution in [-0.2, 0) is 5.41 Å². The van der Waals surface area contributed by atoms with E-state index in [0.29, 0.717) is 0 Å². The van der Waals surface area contributed by atoms with E-state index in [2.05, 4.69) is 69.5 Å². The van der Waals surface area contributed by atoms with Gasteiger partial charge in [0.15, 0.2) is 0 Å². The lowest BCUT2D eigenvalue weighted by Crippen LogP contribution is -2.11. The van der Waals surface area contributed by atoms with Gasteiger partial charge < -0.3 is 4.42 Å². The van der Waals surface area contributed by atoms with E-state index in [4.69, 9.17) is 9.40 Å². The second kappa shape index (κ2) is 6.16. The summed E-state index contributed by atoms with van der Waals surface area (Å²) in [6, 6.07) is 15.5. The molecule has 0 unspecified atom stereocenters. The molecule has 4 heterocycles. The number of rotatable bonds is 1. The molecule has 0 atom stereocenters. The molecule has 0 aliphatic heterocycles. The quantitative estimate of drug-likeness (QED) is 0.262. The van der Waals surface area contributed by atoms with Gasteiger partial charge in [-0.25, -0.2) is 0 Å². The molecule has 0 N–H and O–H groups in total. The maximum atomic E-state index is 6.27. The number of aromatic nitrogens is 1. The van der Waals surface area contributed by atoms with Crippen LogP contribution in [0.25, 0.3) is 53.4 Å². The maximum absolute atomic E-state index is 6.27. The normalized spacial score (nSPS) is 12.7. The van der Waals surface area contributed by atoms with Gasteiger partial charge in [0.25, 0.3) is 0 Å². The number of hydrogen-bond donors (Lipinski definition) is 0. The molecule has 6 rings (SSSR count). The van der Waals surface area contributed by atoms with Crippen LogP contribution in [0.3, 0.4) is 0 Å². The van der Waals surface area contributed by atoms with E-state index in [1.807, 2.05) is 34.9 Å². The summed E-state index contributed by atoms with van der Waals surface area (Å²) in [5.74, 6) is 0. The third kappa shape index (κ3) is 2.64. The summed E-state index contributed by atoms with van der Waals surface area (Å²) in [5.41, 5.74) is 5.41. The van der Waals surface area contributed by atoms with Gasteiger partial charge >= 0.3 is 0 Å². The van der Waals surface area contributed by atoms with Crippen molar-refractivity contribution in [3.05, 3.63) is 64.5 Å². The third-order valence-electron chi connectivity index (χ3n) is 5.78. The largest absolute Gasteiger partial charge is 0.456 e. The van der Waals surface area contributed by atoms with Crippen molar-refractivity contribution in [2.24, 2.45) is 0 Å². The van der Waals surface area contributed by atoms with Crippen molar-refractivity contribution in [1.29, 1.82) is 0 Å². The fourth-order valence-electron chi connectivity index (χ4n) is 4.38. The first-order chi connectivity index (χ1) is 14.4. The minimum atomic E-state index is 0.0616. The van der Waals surface area contributed by atoms with Crippen molar-refractivity contribution < 1.29 is 4.42 Å². The van der Waals surface area contributed by atoms with Crippen molar-refractivity contribution in [1.82, 2.24) is 4.98 Å². The van der Waals surface area contributed by atoms with Gasteiger partial charge in [0.2, 0.25) is 0 Å². The summed E-state index contributed by atoms with van der Waals surface area (Å²) < 4.78 is 8.93. The maximum Gasteiger partial charge on any atom is 0.139 e. The Morgan fingerprint density at radius 1 is 0.933 bits per heavy atom. The summed E-state index contributed by atoms with van der Waals surface area (Å²) in [6.07, 6.45) is 1.86. The topological polar surface area (TPSA) is 26.0 Å². The predicted octanol–water partition coefficient (Wildman–Crippen LogP) is 8.68. The standard InChI is InChI=1S/C26H21NOS2/c1-14-9-16-12-21-18(13-22(16)30-14)23-20(28-21)5-7-27-24(23)17-10-15-6-8-29-25(15)19(11-17)26(2,3)4/h5-13H,1-4H3. The molecule has 0 aliphatic rings. The highest BCUT2D eigenvalue weighted by Crippen LogP contribution is 2.42. The SMILES string of the molecule is Cc1cc2cc3oc4ccnc(-c5cc(C(C)(C)C)c6sccc6c5)c4c3cc2s1. The second-order valence-electron chi connectivity index (χ2n) is 8.99. The fourth-order valence-corrected chi connectivity index (χ4v) is 6.43. The van der Waals surface area contributed by atoms with Crippen LogP contribution in [0, 0.1) is 6.92 Å². The first-order valence-electron chi connectivity index (χ1n) is 10.1. The van der Waals surface area contributed by atoms with Gasteiger partial charge in [-0.05, 0) is 76.5 Å². The summed E-state index contributed by atoms with van der Waals surface area (Å²) in [6.45, 7) is 8.99. The minimum Gasteiger partial charge on any atom is -0.456 e. The van der Waals surface area contributed by atoms with Crippen molar-refractivity contribution in [3.8, 4) is 11.3 Å². The molecule has 6 aromatic rings. The van der Waals surface area contributed by atoms with Crippen molar-refractivity contribution in [3.63, 3.8) is 0 Å². The number of benzene rings is 2. The first kappa shape index (κ1) is 18.1. The van der Waals surface area contributed by atoms with Crippen LogP contribution in [0.4, 0.5) is 0 Å². The monoisotopic (exact) mass is 427 g/mol. The molecule has 0 saturated carbocycles. The number of nitrogens with zero attached hydrogens (tertiary/aromatic N) is 1. The molecule has 0 fully saturated rings. The zero-order valence-corrected chi connectivity index (χ0v) is 19.0. The van der Waals surface area contributed by atoms with Gasteiger partial charge in [-0.3, -0.25) is 4.98 Å². The number of thiophene rings is 2. The van der Waals surface area contributed by atoms with E-state index in [0.717, 1.165) is 33.2 Å². The van der Waals surface area contributed by atoms with Gasteiger partial charge in [-0.15, -0.1) is 22.7 Å². The molecule has 2 aromatic carbocycles. The summed E-state index contributed by atoms with van der Waals surface area (Å²) in [4.78, 5) is 6.16. The van der Waals surface area contributed by atoms with E-state index in [9.17, 15) is 0 Å². The Kier molecular flexibility index (Phi) is 3.72. The number of fused-ring (bicyclic) bond motifs is 5. The molecule has 0 saturated heterocycles. The van der Waals surface area contributed by atoms with Gasteiger partial charge in [0, 0.05) is 31.4 Å². The van der Waals surface area contributed by atoms with Crippen molar-refractivity contribution in [2.75, 3.05) is 0 Å². The Morgan fingerprint density at radius 2 is 1.80 bits per heavy atom. The highest BCUT2D eigenvalue weighted by molar-refractivity contribution is 7.19. The van der Waals surface area contributed by atoms with E-state index in [-0.39, 0.29) is 5.41 Å². The van der Waals surface area contributed by atoms with Crippen LogP contribution in [-0.4, -0.2) is 4.98 Å². The van der Waals surface area contributed by atoms with Crippen molar-refractivity contribution in [2.45, 2.75) is 33.1 Å². The van der Waals surface area contributed by atoms with Gasteiger partial charge in [-0.1, -0.05) is 20.8 Å². The fraction of sp³-hybridized carbons (Fsp3) is 0.192. The lowest BCUT2D eigenvalue weighted by Gasteiger charge is -2.21. The summed E-state index contributed by atoms with van der Waals surface area (Å²) >= 11 is 3.65. The van der Waals surface area contributed by atoms with Crippen LogP contribution in [0.1, 0.15) is 31.2 Å². The van der Waals surface area contributed by atoms with E-state index in [1.165, 1.54) is 30.6 Å². The van der Waals surface area contributed by atoms with E-state index in [1.54, 1.807) is 0 Å².